The van der Waals surface area contributed by atoms with Crippen LogP contribution in [-0.2, 0) is 12.6 Å². The Morgan fingerprint density at radius 2 is 2.19 bits per heavy atom. The summed E-state index contributed by atoms with van der Waals surface area (Å²) in [5.74, 6) is 0. The molecule has 0 saturated carbocycles. The normalized spacial score (nSPS) is 10.9. The fourth-order valence-electron chi connectivity index (χ4n) is 1.13. The molecule has 0 aromatic carbocycles. The second-order valence-electron chi connectivity index (χ2n) is 2.76. The summed E-state index contributed by atoms with van der Waals surface area (Å²) in [6.07, 6.45) is -4.59. The van der Waals surface area contributed by atoms with Crippen molar-refractivity contribution in [2.24, 2.45) is 0 Å². The first kappa shape index (κ1) is 11.9. The second kappa shape index (κ2) is 4.14. The first-order chi connectivity index (χ1) is 7.38. The van der Waals surface area contributed by atoms with Crippen LogP contribution in [0.15, 0.2) is 12.3 Å². The van der Waals surface area contributed by atoms with Crippen LogP contribution in [0.25, 0.3) is 0 Å². The molecule has 1 aromatic rings. The highest BCUT2D eigenvalue weighted by Gasteiger charge is 2.41. The van der Waals surface area contributed by atoms with Gasteiger partial charge in [-0.25, -0.2) is 4.98 Å². The topological polar surface area (TPSA) is 79.8 Å². The maximum absolute atomic E-state index is 12.4. The third kappa shape index (κ3) is 2.25. The van der Waals surface area contributed by atoms with Gasteiger partial charge in [-0.05, 0) is 6.07 Å². The Morgan fingerprint density at radius 3 is 2.62 bits per heavy atom. The molecule has 0 bridgehead atoms. The van der Waals surface area contributed by atoms with E-state index in [0.29, 0.717) is 0 Å². The molecule has 0 fully saturated rings. The van der Waals surface area contributed by atoms with Gasteiger partial charge in [-0.2, -0.15) is 18.4 Å². The van der Waals surface area contributed by atoms with Gasteiger partial charge >= 0.3 is 11.9 Å². The minimum absolute atomic E-state index is 0.296. The maximum atomic E-state index is 12.4. The number of nitriles is 1. The molecule has 16 heavy (non-hydrogen) atoms. The SMILES string of the molecule is N#CCc1ccnc(C(F)(F)F)c1[N+](=O)[O-]. The molecule has 5 nitrogen and oxygen atoms in total. The highest BCUT2D eigenvalue weighted by molar-refractivity contribution is 5.46. The van der Waals surface area contributed by atoms with Crippen molar-refractivity contribution in [1.29, 1.82) is 5.26 Å². The number of hydrogen-bond donors (Lipinski definition) is 0. The van der Waals surface area contributed by atoms with Gasteiger partial charge in [0.1, 0.15) is 0 Å². The van der Waals surface area contributed by atoms with Crippen LogP contribution in [0.3, 0.4) is 0 Å². The number of nitrogens with zero attached hydrogens (tertiary/aromatic N) is 3. The van der Waals surface area contributed by atoms with Crippen LogP contribution >= 0.6 is 0 Å². The molecule has 84 valence electrons. The number of rotatable bonds is 2. The molecule has 0 saturated heterocycles. The summed E-state index contributed by atoms with van der Waals surface area (Å²) in [4.78, 5) is 12.3. The van der Waals surface area contributed by atoms with Crippen LogP contribution < -0.4 is 0 Å². The molecule has 0 N–H and O–H groups in total. The summed E-state index contributed by atoms with van der Waals surface area (Å²) in [5.41, 5.74) is -3.03. The van der Waals surface area contributed by atoms with E-state index in [9.17, 15) is 23.3 Å². The van der Waals surface area contributed by atoms with E-state index in [1.54, 1.807) is 6.07 Å². The summed E-state index contributed by atoms with van der Waals surface area (Å²) in [6.45, 7) is 0. The molecule has 1 heterocycles. The number of nitro groups is 1. The number of halogens is 3. The van der Waals surface area contributed by atoms with E-state index in [4.69, 9.17) is 5.26 Å². The number of alkyl halides is 3. The highest BCUT2D eigenvalue weighted by Crippen LogP contribution is 2.36. The van der Waals surface area contributed by atoms with E-state index in [-0.39, 0.29) is 5.56 Å². The van der Waals surface area contributed by atoms with Gasteiger partial charge in [0.05, 0.1) is 17.4 Å². The third-order valence-electron chi connectivity index (χ3n) is 1.73. The zero-order chi connectivity index (χ0) is 12.3. The fraction of sp³-hybridized carbons (Fsp3) is 0.250. The van der Waals surface area contributed by atoms with Gasteiger partial charge in [0.2, 0.25) is 5.69 Å². The highest BCUT2D eigenvalue weighted by atomic mass is 19.4. The van der Waals surface area contributed by atoms with Crippen molar-refractivity contribution in [3.05, 3.63) is 33.6 Å². The van der Waals surface area contributed by atoms with E-state index in [1.165, 1.54) is 0 Å². The number of pyridine rings is 1. The molecular weight excluding hydrogens is 227 g/mol. The lowest BCUT2D eigenvalue weighted by atomic mass is 10.1. The lowest BCUT2D eigenvalue weighted by Gasteiger charge is -2.07. The fourth-order valence-corrected chi connectivity index (χ4v) is 1.13. The van der Waals surface area contributed by atoms with Gasteiger partial charge < -0.3 is 0 Å². The predicted molar refractivity (Wildman–Crippen MR) is 45.2 cm³/mol. The van der Waals surface area contributed by atoms with E-state index in [2.05, 4.69) is 4.98 Å². The second-order valence-corrected chi connectivity index (χ2v) is 2.76. The summed E-state index contributed by atoms with van der Waals surface area (Å²) in [6, 6.07) is 2.58. The Bertz CT molecular complexity index is 465. The first-order valence-electron chi connectivity index (χ1n) is 3.94. The molecule has 0 radical (unpaired) electrons. The molecule has 0 atom stereocenters. The van der Waals surface area contributed by atoms with Crippen molar-refractivity contribution in [1.82, 2.24) is 4.98 Å². The lowest BCUT2D eigenvalue weighted by Crippen LogP contribution is -2.13. The first-order valence-corrected chi connectivity index (χ1v) is 3.94. The molecule has 0 amide bonds. The minimum atomic E-state index is -4.91. The van der Waals surface area contributed by atoms with Crippen molar-refractivity contribution < 1.29 is 18.1 Å². The van der Waals surface area contributed by atoms with Crippen LogP contribution in [0.2, 0.25) is 0 Å². The van der Waals surface area contributed by atoms with Crippen LogP contribution in [-0.4, -0.2) is 9.91 Å². The van der Waals surface area contributed by atoms with E-state index < -0.39 is 28.9 Å². The van der Waals surface area contributed by atoms with Gasteiger partial charge in [0, 0.05) is 11.8 Å². The van der Waals surface area contributed by atoms with Gasteiger partial charge in [-0.1, -0.05) is 0 Å². The van der Waals surface area contributed by atoms with E-state index >= 15 is 0 Å². The molecular formula is C8H4F3N3O2. The average Bonchev–Trinajstić information content (AvgIpc) is 2.16. The summed E-state index contributed by atoms with van der Waals surface area (Å²) < 4.78 is 37.1. The Kier molecular flexibility index (Phi) is 3.08. The van der Waals surface area contributed by atoms with Crippen molar-refractivity contribution in [3.8, 4) is 6.07 Å². The van der Waals surface area contributed by atoms with Crippen LogP contribution in [0.5, 0.6) is 0 Å². The maximum Gasteiger partial charge on any atom is 0.440 e. The third-order valence-corrected chi connectivity index (χ3v) is 1.73. The van der Waals surface area contributed by atoms with E-state index in [0.717, 1.165) is 12.3 Å². The standard InChI is InChI=1S/C8H4F3N3O2/c9-8(10,11)7-6(14(15)16)5(1-3-12)2-4-13-7/h2,4H,1H2. The van der Waals surface area contributed by atoms with Gasteiger partial charge in [-0.3, -0.25) is 10.1 Å². The Labute approximate surface area is 87.3 Å². The summed E-state index contributed by atoms with van der Waals surface area (Å²) >= 11 is 0. The van der Waals surface area contributed by atoms with Gasteiger partial charge in [-0.15, -0.1) is 0 Å². The van der Waals surface area contributed by atoms with Gasteiger partial charge in [0.25, 0.3) is 0 Å². The Morgan fingerprint density at radius 1 is 1.56 bits per heavy atom. The van der Waals surface area contributed by atoms with Crippen molar-refractivity contribution >= 4 is 5.69 Å². The molecule has 0 aliphatic heterocycles. The van der Waals surface area contributed by atoms with Crippen molar-refractivity contribution in [2.75, 3.05) is 0 Å². The summed E-state index contributed by atoms with van der Waals surface area (Å²) in [5, 5.41) is 18.9. The zero-order valence-corrected chi connectivity index (χ0v) is 7.65. The quantitative estimate of drug-likeness (QED) is 0.576. The van der Waals surface area contributed by atoms with Crippen molar-refractivity contribution in [2.45, 2.75) is 12.6 Å². The molecule has 0 spiro atoms. The Hall–Kier alpha value is -2.17. The largest absolute Gasteiger partial charge is 0.440 e. The average molecular weight is 231 g/mol. The predicted octanol–water partition coefficient (Wildman–Crippen LogP) is 2.07. The lowest BCUT2D eigenvalue weighted by molar-refractivity contribution is -0.389. The van der Waals surface area contributed by atoms with Crippen LogP contribution in [0, 0.1) is 21.4 Å². The minimum Gasteiger partial charge on any atom is -0.258 e. The molecule has 0 unspecified atom stereocenters. The van der Waals surface area contributed by atoms with Crippen LogP contribution in [0.1, 0.15) is 11.3 Å². The number of hydrogen-bond acceptors (Lipinski definition) is 4. The molecule has 8 heteroatoms. The van der Waals surface area contributed by atoms with Crippen LogP contribution in [0.4, 0.5) is 18.9 Å². The molecule has 1 rings (SSSR count). The van der Waals surface area contributed by atoms with Crippen molar-refractivity contribution in [3.63, 3.8) is 0 Å². The number of aromatic nitrogens is 1. The van der Waals surface area contributed by atoms with E-state index in [1.807, 2.05) is 0 Å². The Balaban J connectivity index is 3.46. The smallest absolute Gasteiger partial charge is 0.258 e. The molecule has 0 aliphatic carbocycles. The molecule has 1 aromatic heterocycles. The monoisotopic (exact) mass is 231 g/mol. The zero-order valence-electron chi connectivity index (χ0n) is 7.65. The molecule has 0 aliphatic rings. The van der Waals surface area contributed by atoms with Gasteiger partial charge in [0.15, 0.2) is 0 Å². The summed E-state index contributed by atoms with van der Waals surface area (Å²) in [7, 11) is 0.